The maximum atomic E-state index is 9.04. The van der Waals surface area contributed by atoms with Crippen molar-refractivity contribution >= 4 is 16.7 Å². The quantitative estimate of drug-likeness (QED) is 0.617. The van der Waals surface area contributed by atoms with Crippen LogP contribution in [0.15, 0.2) is 0 Å². The molecule has 1 aromatic rings. The average Bonchev–Trinajstić information content (AvgIpc) is 2.99. The minimum absolute atomic E-state index is 0.289. The van der Waals surface area contributed by atoms with Crippen LogP contribution in [0, 0.1) is 0 Å². The first kappa shape index (κ1) is 11.8. The fourth-order valence-electron chi connectivity index (χ4n) is 1.38. The average molecular weight is 242 g/mol. The molecule has 1 aromatic heterocycles. The number of nitrogens with one attached hydrogen (secondary N) is 2. The van der Waals surface area contributed by atoms with Gasteiger partial charge in [-0.2, -0.15) is 4.37 Å². The number of hydrogen-bond donors (Lipinski definition) is 3. The summed E-state index contributed by atoms with van der Waals surface area (Å²) in [7, 11) is 0. The molecule has 1 unspecified atom stereocenters. The van der Waals surface area contributed by atoms with Gasteiger partial charge in [0, 0.05) is 37.1 Å². The van der Waals surface area contributed by atoms with Gasteiger partial charge in [-0.25, -0.2) is 4.98 Å². The second-order valence-electron chi connectivity index (χ2n) is 4.21. The number of aliphatic hydroxyl groups excluding tert-OH is 1. The zero-order valence-electron chi connectivity index (χ0n) is 9.44. The van der Waals surface area contributed by atoms with E-state index in [4.69, 9.17) is 5.11 Å². The highest BCUT2D eigenvalue weighted by molar-refractivity contribution is 7.09. The Morgan fingerprint density at radius 2 is 2.31 bits per heavy atom. The van der Waals surface area contributed by atoms with E-state index in [-0.39, 0.29) is 6.10 Å². The maximum Gasteiger partial charge on any atom is 0.202 e. The predicted molar refractivity (Wildman–Crippen MR) is 64.9 cm³/mol. The fraction of sp³-hybridized carbons (Fsp3) is 0.800. The smallest absolute Gasteiger partial charge is 0.202 e. The molecule has 1 heterocycles. The van der Waals surface area contributed by atoms with Crippen molar-refractivity contribution in [2.24, 2.45) is 0 Å². The number of aromatic nitrogens is 2. The number of anilines is 1. The van der Waals surface area contributed by atoms with Gasteiger partial charge in [0.15, 0.2) is 0 Å². The Hall–Kier alpha value is -0.720. The second-order valence-corrected chi connectivity index (χ2v) is 4.96. The van der Waals surface area contributed by atoms with E-state index >= 15 is 0 Å². The van der Waals surface area contributed by atoms with Crippen molar-refractivity contribution in [2.45, 2.75) is 31.8 Å². The van der Waals surface area contributed by atoms with E-state index in [1.165, 1.54) is 24.4 Å². The molecule has 0 saturated heterocycles. The van der Waals surface area contributed by atoms with Crippen molar-refractivity contribution in [1.82, 2.24) is 14.7 Å². The molecular weight excluding hydrogens is 224 g/mol. The van der Waals surface area contributed by atoms with Crippen LogP contribution in [-0.4, -0.2) is 40.2 Å². The maximum absolute atomic E-state index is 9.04. The number of nitrogens with zero attached hydrogens (tertiary/aromatic N) is 2. The molecule has 0 aliphatic heterocycles. The van der Waals surface area contributed by atoms with E-state index < -0.39 is 0 Å². The zero-order chi connectivity index (χ0) is 11.4. The van der Waals surface area contributed by atoms with Crippen LogP contribution in [0.25, 0.3) is 0 Å². The summed E-state index contributed by atoms with van der Waals surface area (Å²) in [6.07, 6.45) is 2.20. The first-order chi connectivity index (χ1) is 7.75. The molecule has 3 N–H and O–H groups in total. The first-order valence-electron chi connectivity index (χ1n) is 5.72. The summed E-state index contributed by atoms with van der Waals surface area (Å²) in [6.45, 7) is 4.04. The van der Waals surface area contributed by atoms with E-state index in [9.17, 15) is 0 Å². The van der Waals surface area contributed by atoms with Crippen molar-refractivity contribution < 1.29 is 5.11 Å². The van der Waals surface area contributed by atoms with Crippen molar-refractivity contribution in [3.63, 3.8) is 0 Å². The molecule has 16 heavy (non-hydrogen) atoms. The second kappa shape index (κ2) is 5.56. The lowest BCUT2D eigenvalue weighted by Crippen LogP contribution is -2.28. The number of hydrogen-bond acceptors (Lipinski definition) is 6. The van der Waals surface area contributed by atoms with Crippen LogP contribution in [0.5, 0.6) is 0 Å². The van der Waals surface area contributed by atoms with Crippen molar-refractivity contribution in [3.05, 3.63) is 5.82 Å². The lowest BCUT2D eigenvalue weighted by molar-refractivity contribution is 0.192. The van der Waals surface area contributed by atoms with Gasteiger partial charge in [-0.1, -0.05) is 0 Å². The largest absolute Gasteiger partial charge is 0.392 e. The Morgan fingerprint density at radius 1 is 1.50 bits per heavy atom. The molecule has 90 valence electrons. The number of aliphatic hydroxyl groups is 1. The summed E-state index contributed by atoms with van der Waals surface area (Å²) in [5.74, 6) is 1.63. The summed E-state index contributed by atoms with van der Waals surface area (Å²) in [4.78, 5) is 4.42. The van der Waals surface area contributed by atoms with Crippen LogP contribution in [0.4, 0.5) is 5.13 Å². The third-order valence-electron chi connectivity index (χ3n) is 2.40. The van der Waals surface area contributed by atoms with Crippen molar-refractivity contribution in [2.75, 3.05) is 25.0 Å². The van der Waals surface area contributed by atoms with Crippen molar-refractivity contribution in [3.8, 4) is 0 Å². The molecule has 1 saturated carbocycles. The van der Waals surface area contributed by atoms with Crippen LogP contribution in [0.2, 0.25) is 0 Å². The lowest BCUT2D eigenvalue weighted by atomic mass is 10.4. The molecule has 0 aromatic carbocycles. The summed E-state index contributed by atoms with van der Waals surface area (Å²) < 4.78 is 4.31. The Bertz CT molecular complexity index is 324. The van der Waals surface area contributed by atoms with Crippen molar-refractivity contribution in [1.29, 1.82) is 0 Å². The zero-order valence-corrected chi connectivity index (χ0v) is 10.3. The van der Waals surface area contributed by atoms with Crippen LogP contribution in [0.3, 0.4) is 0 Å². The summed E-state index contributed by atoms with van der Waals surface area (Å²) >= 11 is 1.43. The van der Waals surface area contributed by atoms with Crippen LogP contribution >= 0.6 is 11.5 Å². The van der Waals surface area contributed by atoms with Gasteiger partial charge >= 0.3 is 0 Å². The molecule has 0 radical (unpaired) electrons. The lowest BCUT2D eigenvalue weighted by Gasteiger charge is -2.06. The Morgan fingerprint density at radius 3 is 3.00 bits per heavy atom. The molecule has 0 spiro atoms. The van der Waals surface area contributed by atoms with E-state index in [1.54, 1.807) is 6.92 Å². The highest BCUT2D eigenvalue weighted by Gasteiger charge is 2.27. The molecule has 2 rings (SSSR count). The van der Waals surface area contributed by atoms with Crippen LogP contribution in [0.1, 0.15) is 31.5 Å². The third kappa shape index (κ3) is 3.70. The standard InChI is InChI=1S/C10H18N4OS/c1-7(15)6-11-4-5-12-10-13-9(14-16-10)8-2-3-8/h7-8,11,15H,2-6H2,1H3,(H,12,13,14). The van der Waals surface area contributed by atoms with Gasteiger partial charge in [-0.15, -0.1) is 0 Å². The number of rotatable bonds is 7. The minimum Gasteiger partial charge on any atom is -0.392 e. The van der Waals surface area contributed by atoms with Gasteiger partial charge < -0.3 is 15.7 Å². The molecule has 1 atom stereocenters. The Balaban J connectivity index is 1.61. The monoisotopic (exact) mass is 242 g/mol. The SMILES string of the molecule is CC(O)CNCCNc1nc(C2CC2)ns1. The summed E-state index contributed by atoms with van der Waals surface area (Å²) in [6, 6.07) is 0. The van der Waals surface area contributed by atoms with E-state index in [0.717, 1.165) is 24.0 Å². The first-order valence-corrected chi connectivity index (χ1v) is 6.49. The van der Waals surface area contributed by atoms with E-state index in [2.05, 4.69) is 20.0 Å². The normalized spacial score (nSPS) is 17.4. The molecule has 1 aliphatic carbocycles. The summed E-state index contributed by atoms with van der Waals surface area (Å²) in [5.41, 5.74) is 0. The Labute approximate surface area is 99.5 Å². The van der Waals surface area contributed by atoms with Gasteiger partial charge in [-0.05, 0) is 19.8 Å². The minimum atomic E-state index is -0.289. The van der Waals surface area contributed by atoms with Gasteiger partial charge in [0.2, 0.25) is 5.13 Å². The molecule has 5 nitrogen and oxygen atoms in total. The van der Waals surface area contributed by atoms with Crippen LogP contribution < -0.4 is 10.6 Å². The van der Waals surface area contributed by atoms with E-state index in [0.29, 0.717) is 12.5 Å². The molecule has 1 aliphatic rings. The molecule has 1 fully saturated rings. The summed E-state index contributed by atoms with van der Waals surface area (Å²) in [5, 5.41) is 16.3. The molecular formula is C10H18N4OS. The van der Waals surface area contributed by atoms with Crippen LogP contribution in [-0.2, 0) is 0 Å². The molecule has 0 amide bonds. The predicted octanol–water partition coefficient (Wildman–Crippen LogP) is 0.798. The highest BCUT2D eigenvalue weighted by Crippen LogP contribution is 2.39. The fourth-order valence-corrected chi connectivity index (χ4v) is 2.05. The van der Waals surface area contributed by atoms with Gasteiger partial charge in [0.1, 0.15) is 5.82 Å². The van der Waals surface area contributed by atoms with Gasteiger partial charge in [-0.3, -0.25) is 0 Å². The third-order valence-corrected chi connectivity index (χ3v) is 3.09. The Kier molecular flexibility index (Phi) is 4.09. The van der Waals surface area contributed by atoms with Gasteiger partial charge in [0.25, 0.3) is 0 Å². The molecule has 0 bridgehead atoms. The van der Waals surface area contributed by atoms with Gasteiger partial charge in [0.05, 0.1) is 6.10 Å². The molecule has 6 heteroatoms. The van der Waals surface area contributed by atoms with E-state index in [1.807, 2.05) is 0 Å². The topological polar surface area (TPSA) is 70.1 Å². The highest BCUT2D eigenvalue weighted by atomic mass is 32.1.